The molecule has 0 fully saturated rings. The van der Waals surface area contributed by atoms with Gasteiger partial charge >= 0.3 is 0 Å². The van der Waals surface area contributed by atoms with Crippen LogP contribution < -0.4 is 20.7 Å². The maximum Gasteiger partial charge on any atom is 0.246 e. The number of amides is 1. The highest BCUT2D eigenvalue weighted by atomic mass is 127. The van der Waals surface area contributed by atoms with Crippen LogP contribution in [-0.4, -0.2) is 38.6 Å². The van der Waals surface area contributed by atoms with E-state index in [1.807, 2.05) is 31.2 Å². The Morgan fingerprint density at radius 1 is 1.07 bits per heavy atom. The van der Waals surface area contributed by atoms with E-state index in [0.717, 1.165) is 23.4 Å². The van der Waals surface area contributed by atoms with Crippen molar-refractivity contribution in [3.63, 3.8) is 0 Å². The lowest BCUT2D eigenvalue weighted by molar-refractivity contribution is -0.114. The third-order valence-corrected chi connectivity index (χ3v) is 3.91. The predicted molar refractivity (Wildman–Crippen MR) is 121 cm³/mol. The van der Waals surface area contributed by atoms with E-state index in [4.69, 9.17) is 4.74 Å². The van der Waals surface area contributed by atoms with E-state index in [9.17, 15) is 18.0 Å². The van der Waals surface area contributed by atoms with Crippen molar-refractivity contribution in [1.29, 1.82) is 0 Å². The molecule has 0 saturated carbocycles. The summed E-state index contributed by atoms with van der Waals surface area (Å²) < 4.78 is 45.1. The average molecular weight is 536 g/mol. The summed E-state index contributed by atoms with van der Waals surface area (Å²) in [5, 5.41) is 8.25. The molecule has 0 aromatic heterocycles. The Bertz CT molecular complexity index is 881. The largest absolute Gasteiger partial charge is 0.496 e. The van der Waals surface area contributed by atoms with Crippen molar-refractivity contribution in [1.82, 2.24) is 10.6 Å². The van der Waals surface area contributed by atoms with Crippen LogP contribution in [0.4, 0.5) is 18.9 Å². The molecule has 0 spiro atoms. The summed E-state index contributed by atoms with van der Waals surface area (Å²) in [6, 6.07) is 9.31. The molecule has 0 radical (unpaired) electrons. The zero-order valence-corrected chi connectivity index (χ0v) is 18.9. The number of hydrogen-bond donors (Lipinski definition) is 3. The number of para-hydroxylation sites is 1. The van der Waals surface area contributed by atoms with Gasteiger partial charge in [0.15, 0.2) is 23.4 Å². The van der Waals surface area contributed by atoms with Gasteiger partial charge in [0.25, 0.3) is 0 Å². The average Bonchev–Trinajstić information content (AvgIpc) is 2.72. The third-order valence-electron chi connectivity index (χ3n) is 3.91. The number of halogens is 4. The van der Waals surface area contributed by atoms with Crippen molar-refractivity contribution < 1.29 is 22.7 Å². The number of nitrogens with zero attached hydrogens (tertiary/aromatic N) is 1. The molecule has 3 N–H and O–H groups in total. The van der Waals surface area contributed by atoms with Crippen LogP contribution in [0.2, 0.25) is 0 Å². The van der Waals surface area contributed by atoms with Gasteiger partial charge in [-0.15, -0.1) is 24.0 Å². The lowest BCUT2D eigenvalue weighted by Gasteiger charge is -2.13. The van der Waals surface area contributed by atoms with E-state index in [0.29, 0.717) is 25.5 Å². The standard InChI is InChI=1S/C20H23F3N4O2.HI/c1-3-24-20(25-11-10-13-6-4-5-7-16(13)29-2)26-12-17(28)27-15-9-8-14(21)18(22)19(15)23;/h4-9H,3,10-12H2,1-2H3,(H,27,28)(H2,24,25,26);1H. The molecule has 164 valence electrons. The van der Waals surface area contributed by atoms with E-state index in [2.05, 4.69) is 20.9 Å². The van der Waals surface area contributed by atoms with Crippen LogP contribution >= 0.6 is 24.0 Å². The summed E-state index contributed by atoms with van der Waals surface area (Å²) in [6.07, 6.45) is 0.667. The number of carbonyl (C=O) groups excluding carboxylic acids is 1. The van der Waals surface area contributed by atoms with E-state index < -0.39 is 29.0 Å². The summed E-state index contributed by atoms with van der Waals surface area (Å²) in [5.41, 5.74) is 0.572. The first-order valence-corrected chi connectivity index (χ1v) is 9.03. The number of rotatable bonds is 8. The van der Waals surface area contributed by atoms with E-state index in [1.165, 1.54) is 0 Å². The van der Waals surface area contributed by atoms with Gasteiger partial charge in [-0.25, -0.2) is 18.2 Å². The highest BCUT2D eigenvalue weighted by Crippen LogP contribution is 2.19. The molecule has 0 aliphatic carbocycles. The minimum atomic E-state index is -1.64. The van der Waals surface area contributed by atoms with Crippen LogP contribution in [-0.2, 0) is 11.2 Å². The normalized spacial score (nSPS) is 10.8. The van der Waals surface area contributed by atoms with Gasteiger partial charge in [0.1, 0.15) is 12.3 Å². The van der Waals surface area contributed by atoms with Crippen molar-refractivity contribution in [2.24, 2.45) is 4.99 Å². The zero-order chi connectivity index (χ0) is 21.2. The lowest BCUT2D eigenvalue weighted by Crippen LogP contribution is -2.39. The maximum absolute atomic E-state index is 13.6. The first-order chi connectivity index (χ1) is 14.0. The fourth-order valence-electron chi connectivity index (χ4n) is 2.53. The Kier molecular flexibility index (Phi) is 11.0. The lowest BCUT2D eigenvalue weighted by atomic mass is 10.1. The highest BCUT2D eigenvalue weighted by molar-refractivity contribution is 14.0. The second kappa shape index (κ2) is 12.9. The molecule has 0 atom stereocenters. The number of nitrogens with one attached hydrogen (secondary N) is 3. The molecule has 0 heterocycles. The number of aliphatic imine (C=N–C) groups is 1. The topological polar surface area (TPSA) is 74.8 Å². The first-order valence-electron chi connectivity index (χ1n) is 9.03. The zero-order valence-electron chi connectivity index (χ0n) is 16.6. The van der Waals surface area contributed by atoms with Crippen molar-refractivity contribution in [2.75, 3.05) is 32.1 Å². The van der Waals surface area contributed by atoms with Crippen LogP contribution in [0.25, 0.3) is 0 Å². The van der Waals surface area contributed by atoms with Crippen LogP contribution in [0.15, 0.2) is 41.4 Å². The minimum Gasteiger partial charge on any atom is -0.496 e. The number of carbonyl (C=O) groups is 1. The Morgan fingerprint density at radius 3 is 2.50 bits per heavy atom. The SMILES string of the molecule is CCNC(=NCC(=O)Nc1ccc(F)c(F)c1F)NCCc1ccccc1OC.I. The van der Waals surface area contributed by atoms with E-state index >= 15 is 0 Å². The fourth-order valence-corrected chi connectivity index (χ4v) is 2.53. The number of anilines is 1. The van der Waals surface area contributed by atoms with Crippen molar-refractivity contribution in [2.45, 2.75) is 13.3 Å². The van der Waals surface area contributed by atoms with Gasteiger partial charge in [0.05, 0.1) is 12.8 Å². The molecular formula is C20H24F3IN4O2. The second-order valence-corrected chi connectivity index (χ2v) is 5.95. The van der Waals surface area contributed by atoms with Gasteiger partial charge in [0.2, 0.25) is 5.91 Å². The maximum atomic E-state index is 13.6. The summed E-state index contributed by atoms with van der Waals surface area (Å²) in [6.45, 7) is 2.64. The van der Waals surface area contributed by atoms with E-state index in [1.54, 1.807) is 7.11 Å². The first kappa shape index (κ1) is 25.5. The monoisotopic (exact) mass is 536 g/mol. The molecule has 0 bridgehead atoms. The quantitative estimate of drug-likeness (QED) is 0.209. The predicted octanol–water partition coefficient (Wildman–Crippen LogP) is 3.47. The fraction of sp³-hybridized carbons (Fsp3) is 0.300. The molecule has 0 unspecified atom stereocenters. The second-order valence-electron chi connectivity index (χ2n) is 5.95. The van der Waals surface area contributed by atoms with E-state index in [-0.39, 0.29) is 30.5 Å². The number of hydrogen-bond acceptors (Lipinski definition) is 3. The Balaban J connectivity index is 0.00000450. The van der Waals surface area contributed by atoms with Crippen LogP contribution in [0.3, 0.4) is 0 Å². The van der Waals surface area contributed by atoms with Crippen LogP contribution in [0.5, 0.6) is 5.75 Å². The smallest absolute Gasteiger partial charge is 0.246 e. The molecule has 30 heavy (non-hydrogen) atoms. The molecule has 10 heteroatoms. The molecular weight excluding hydrogens is 512 g/mol. The molecule has 2 aromatic carbocycles. The minimum absolute atomic E-state index is 0. The number of ether oxygens (including phenoxy) is 1. The van der Waals surface area contributed by atoms with Crippen LogP contribution in [0.1, 0.15) is 12.5 Å². The molecule has 0 aliphatic heterocycles. The molecule has 0 saturated heterocycles. The molecule has 6 nitrogen and oxygen atoms in total. The van der Waals surface area contributed by atoms with Crippen molar-refractivity contribution in [3.8, 4) is 5.75 Å². The number of methoxy groups -OCH3 is 1. The van der Waals surface area contributed by atoms with Crippen LogP contribution in [0, 0.1) is 17.5 Å². The number of guanidine groups is 1. The summed E-state index contributed by atoms with van der Waals surface area (Å²) in [5.74, 6) is -3.92. The molecule has 0 aliphatic rings. The summed E-state index contributed by atoms with van der Waals surface area (Å²) >= 11 is 0. The van der Waals surface area contributed by atoms with Gasteiger partial charge in [-0.05, 0) is 37.1 Å². The Labute approximate surface area is 190 Å². The van der Waals surface area contributed by atoms with Crippen molar-refractivity contribution in [3.05, 3.63) is 59.4 Å². The van der Waals surface area contributed by atoms with Gasteiger partial charge in [-0.1, -0.05) is 18.2 Å². The van der Waals surface area contributed by atoms with Gasteiger partial charge in [-0.3, -0.25) is 4.79 Å². The molecule has 2 aromatic rings. The highest BCUT2D eigenvalue weighted by Gasteiger charge is 2.15. The summed E-state index contributed by atoms with van der Waals surface area (Å²) in [7, 11) is 1.60. The Hall–Kier alpha value is -2.50. The molecule has 2 rings (SSSR count). The third kappa shape index (κ3) is 7.39. The van der Waals surface area contributed by atoms with Gasteiger partial charge in [-0.2, -0.15) is 0 Å². The summed E-state index contributed by atoms with van der Waals surface area (Å²) in [4.78, 5) is 16.1. The molecule has 1 amide bonds. The number of benzene rings is 2. The van der Waals surface area contributed by atoms with Gasteiger partial charge in [0, 0.05) is 13.1 Å². The van der Waals surface area contributed by atoms with Gasteiger partial charge < -0.3 is 20.7 Å². The van der Waals surface area contributed by atoms with Crippen molar-refractivity contribution >= 4 is 41.5 Å². The Morgan fingerprint density at radius 2 is 1.80 bits per heavy atom.